The standard InChI is InChI=1S/C16H22N4/c1-14-17-7-8-20(14)13-15-5-3-4-6-16(15)19-11-9-18(2)10-12-19/h3-8H,9-13H2,1-2H3. The fourth-order valence-electron chi connectivity index (χ4n) is 2.75. The van der Waals surface area contributed by atoms with Gasteiger partial charge >= 0.3 is 0 Å². The number of piperazine rings is 1. The normalized spacial score (nSPS) is 16.6. The number of anilines is 1. The lowest BCUT2D eigenvalue weighted by Gasteiger charge is -2.35. The second-order valence-corrected chi connectivity index (χ2v) is 5.52. The van der Waals surface area contributed by atoms with Gasteiger partial charge in [-0.1, -0.05) is 18.2 Å². The van der Waals surface area contributed by atoms with Gasteiger partial charge in [-0.15, -0.1) is 0 Å². The molecule has 0 amide bonds. The minimum atomic E-state index is 0.897. The molecule has 1 saturated heterocycles. The minimum Gasteiger partial charge on any atom is -0.369 e. The maximum absolute atomic E-state index is 4.31. The molecule has 20 heavy (non-hydrogen) atoms. The Balaban J connectivity index is 1.83. The predicted octanol–water partition coefficient (Wildman–Crippen LogP) is 1.99. The number of hydrogen-bond acceptors (Lipinski definition) is 3. The minimum absolute atomic E-state index is 0.897. The Kier molecular flexibility index (Phi) is 3.74. The SMILES string of the molecule is Cc1nccn1Cc1ccccc1N1CCN(C)CC1. The molecule has 0 radical (unpaired) electrons. The number of aromatic nitrogens is 2. The van der Waals surface area contributed by atoms with Crippen LogP contribution in [0.1, 0.15) is 11.4 Å². The summed E-state index contributed by atoms with van der Waals surface area (Å²) in [4.78, 5) is 9.20. The molecule has 1 aliphatic rings. The lowest BCUT2D eigenvalue weighted by atomic mass is 10.1. The third-order valence-corrected chi connectivity index (χ3v) is 4.10. The summed E-state index contributed by atoms with van der Waals surface area (Å²) in [6.45, 7) is 7.44. The summed E-state index contributed by atoms with van der Waals surface area (Å²) in [6, 6.07) is 8.74. The van der Waals surface area contributed by atoms with E-state index >= 15 is 0 Å². The number of nitrogens with zero attached hydrogens (tertiary/aromatic N) is 4. The summed E-state index contributed by atoms with van der Waals surface area (Å²) >= 11 is 0. The molecule has 0 unspecified atom stereocenters. The third-order valence-electron chi connectivity index (χ3n) is 4.10. The Bertz CT molecular complexity index is 567. The molecule has 0 aliphatic carbocycles. The van der Waals surface area contributed by atoms with E-state index in [9.17, 15) is 0 Å². The topological polar surface area (TPSA) is 24.3 Å². The smallest absolute Gasteiger partial charge is 0.105 e. The molecular formula is C16H22N4. The second kappa shape index (κ2) is 5.67. The molecule has 4 nitrogen and oxygen atoms in total. The van der Waals surface area contributed by atoms with Crippen molar-refractivity contribution in [2.75, 3.05) is 38.1 Å². The maximum Gasteiger partial charge on any atom is 0.105 e. The lowest BCUT2D eigenvalue weighted by molar-refractivity contribution is 0.312. The van der Waals surface area contributed by atoms with Crippen LogP contribution in [0.2, 0.25) is 0 Å². The highest BCUT2D eigenvalue weighted by molar-refractivity contribution is 5.54. The van der Waals surface area contributed by atoms with Gasteiger partial charge in [0, 0.05) is 44.3 Å². The van der Waals surface area contributed by atoms with Gasteiger partial charge in [0.2, 0.25) is 0 Å². The van der Waals surface area contributed by atoms with Gasteiger partial charge in [0.15, 0.2) is 0 Å². The van der Waals surface area contributed by atoms with Crippen LogP contribution in [0.5, 0.6) is 0 Å². The Morgan fingerprint density at radius 2 is 1.85 bits per heavy atom. The van der Waals surface area contributed by atoms with Crippen LogP contribution in [0.25, 0.3) is 0 Å². The highest BCUT2D eigenvalue weighted by atomic mass is 15.2. The summed E-state index contributed by atoms with van der Waals surface area (Å²) in [5.74, 6) is 1.07. The number of aryl methyl sites for hydroxylation is 1. The number of imidazole rings is 1. The number of benzene rings is 1. The van der Waals surface area contributed by atoms with Crippen LogP contribution in [0.15, 0.2) is 36.7 Å². The summed E-state index contributed by atoms with van der Waals surface area (Å²) < 4.78 is 2.20. The molecule has 2 heterocycles. The number of rotatable bonds is 3. The van der Waals surface area contributed by atoms with Gasteiger partial charge in [0.25, 0.3) is 0 Å². The molecule has 0 saturated carbocycles. The second-order valence-electron chi connectivity index (χ2n) is 5.52. The van der Waals surface area contributed by atoms with E-state index < -0.39 is 0 Å². The first-order chi connectivity index (χ1) is 9.74. The first-order valence-electron chi connectivity index (χ1n) is 7.23. The van der Waals surface area contributed by atoms with Gasteiger partial charge in [-0.2, -0.15) is 0 Å². The summed E-state index contributed by atoms with van der Waals surface area (Å²) in [5.41, 5.74) is 2.74. The zero-order valence-electron chi connectivity index (χ0n) is 12.3. The largest absolute Gasteiger partial charge is 0.369 e. The average Bonchev–Trinajstić information content (AvgIpc) is 2.86. The van der Waals surface area contributed by atoms with Crippen molar-refractivity contribution >= 4 is 5.69 Å². The van der Waals surface area contributed by atoms with Crippen molar-refractivity contribution in [1.29, 1.82) is 0 Å². The van der Waals surface area contributed by atoms with E-state index in [0.717, 1.165) is 38.5 Å². The van der Waals surface area contributed by atoms with E-state index in [1.54, 1.807) is 0 Å². The molecule has 0 bridgehead atoms. The molecule has 2 aromatic rings. The molecule has 0 atom stereocenters. The van der Waals surface area contributed by atoms with Crippen molar-refractivity contribution < 1.29 is 0 Å². The highest BCUT2D eigenvalue weighted by Gasteiger charge is 2.16. The number of para-hydroxylation sites is 1. The zero-order chi connectivity index (χ0) is 13.9. The van der Waals surface area contributed by atoms with Crippen molar-refractivity contribution in [2.24, 2.45) is 0 Å². The van der Waals surface area contributed by atoms with Gasteiger partial charge in [0.1, 0.15) is 5.82 Å². The van der Waals surface area contributed by atoms with Gasteiger partial charge < -0.3 is 14.4 Å². The zero-order valence-corrected chi connectivity index (χ0v) is 12.3. The Morgan fingerprint density at radius 1 is 1.10 bits per heavy atom. The highest BCUT2D eigenvalue weighted by Crippen LogP contribution is 2.22. The van der Waals surface area contributed by atoms with Crippen LogP contribution in [0, 0.1) is 6.92 Å². The molecule has 4 heteroatoms. The van der Waals surface area contributed by atoms with Gasteiger partial charge in [-0.3, -0.25) is 0 Å². The van der Waals surface area contributed by atoms with Crippen LogP contribution < -0.4 is 4.90 Å². The van der Waals surface area contributed by atoms with Crippen molar-refractivity contribution in [3.63, 3.8) is 0 Å². The summed E-state index contributed by atoms with van der Waals surface area (Å²) in [7, 11) is 2.19. The van der Waals surface area contributed by atoms with Crippen LogP contribution in [-0.4, -0.2) is 47.7 Å². The van der Waals surface area contributed by atoms with Crippen LogP contribution >= 0.6 is 0 Å². The molecule has 106 valence electrons. The average molecular weight is 270 g/mol. The van der Waals surface area contributed by atoms with E-state index in [1.807, 2.05) is 6.20 Å². The Morgan fingerprint density at radius 3 is 2.55 bits per heavy atom. The van der Waals surface area contributed by atoms with Gasteiger partial charge in [-0.05, 0) is 25.6 Å². The first-order valence-corrected chi connectivity index (χ1v) is 7.23. The van der Waals surface area contributed by atoms with E-state index in [1.165, 1.54) is 11.3 Å². The van der Waals surface area contributed by atoms with Gasteiger partial charge in [-0.25, -0.2) is 4.98 Å². The van der Waals surface area contributed by atoms with Crippen LogP contribution in [0.4, 0.5) is 5.69 Å². The maximum atomic E-state index is 4.31. The van der Waals surface area contributed by atoms with Gasteiger partial charge in [0.05, 0.1) is 6.54 Å². The van der Waals surface area contributed by atoms with Crippen molar-refractivity contribution in [2.45, 2.75) is 13.5 Å². The summed E-state index contributed by atoms with van der Waals surface area (Å²) in [5, 5.41) is 0. The first kappa shape index (κ1) is 13.2. The van der Waals surface area contributed by atoms with E-state index in [0.29, 0.717) is 0 Å². The van der Waals surface area contributed by atoms with Crippen molar-refractivity contribution in [3.05, 3.63) is 48.0 Å². The fraction of sp³-hybridized carbons (Fsp3) is 0.438. The fourth-order valence-corrected chi connectivity index (χ4v) is 2.75. The van der Waals surface area contributed by atoms with E-state index in [2.05, 4.69) is 63.8 Å². The van der Waals surface area contributed by atoms with Crippen LogP contribution in [-0.2, 0) is 6.54 Å². The van der Waals surface area contributed by atoms with Crippen LogP contribution in [0.3, 0.4) is 0 Å². The summed E-state index contributed by atoms with van der Waals surface area (Å²) in [6.07, 6.45) is 3.92. The Labute approximate surface area is 120 Å². The third kappa shape index (κ3) is 2.70. The Hall–Kier alpha value is -1.81. The van der Waals surface area contributed by atoms with E-state index in [-0.39, 0.29) is 0 Å². The van der Waals surface area contributed by atoms with Crippen molar-refractivity contribution in [1.82, 2.24) is 14.5 Å². The molecule has 1 aromatic carbocycles. The molecule has 0 N–H and O–H groups in total. The molecule has 1 fully saturated rings. The van der Waals surface area contributed by atoms with E-state index in [4.69, 9.17) is 0 Å². The monoisotopic (exact) mass is 270 g/mol. The molecule has 1 aromatic heterocycles. The molecule has 3 rings (SSSR count). The number of hydrogen-bond donors (Lipinski definition) is 0. The quantitative estimate of drug-likeness (QED) is 0.852. The predicted molar refractivity (Wildman–Crippen MR) is 82.2 cm³/mol. The number of likely N-dealkylation sites (N-methyl/N-ethyl adjacent to an activating group) is 1. The molecular weight excluding hydrogens is 248 g/mol. The van der Waals surface area contributed by atoms with Crippen molar-refractivity contribution in [3.8, 4) is 0 Å². The molecule has 0 spiro atoms. The lowest BCUT2D eigenvalue weighted by Crippen LogP contribution is -2.44. The molecule has 1 aliphatic heterocycles.